The van der Waals surface area contributed by atoms with E-state index in [9.17, 15) is 14.4 Å². The van der Waals surface area contributed by atoms with Crippen molar-refractivity contribution in [3.8, 4) is 0 Å². The molecule has 40 heavy (non-hydrogen) atoms. The molecule has 0 saturated heterocycles. The van der Waals surface area contributed by atoms with Crippen LogP contribution in [-0.4, -0.2) is 50.6 Å². The highest BCUT2D eigenvalue weighted by molar-refractivity contribution is 6.04. The summed E-state index contributed by atoms with van der Waals surface area (Å²) in [4.78, 5) is 40.8. The van der Waals surface area contributed by atoms with Crippen LogP contribution in [0.4, 0.5) is 21.9 Å². The fraction of sp³-hybridized carbons (Fsp3) is 0.290. The van der Waals surface area contributed by atoms with Crippen molar-refractivity contribution < 1.29 is 23.9 Å². The molecular weight excluding hydrogens is 508 g/mol. The number of hydrogen-bond donors (Lipinski definition) is 2. The first-order valence-electron chi connectivity index (χ1n) is 13.3. The fourth-order valence-electron chi connectivity index (χ4n) is 4.74. The highest BCUT2D eigenvalue weighted by Gasteiger charge is 2.24. The molecule has 0 aromatic heterocycles. The zero-order valence-electron chi connectivity index (χ0n) is 22.8. The van der Waals surface area contributed by atoms with E-state index in [1.54, 1.807) is 19.1 Å². The molecule has 3 aromatic carbocycles. The molecule has 0 saturated carbocycles. The van der Waals surface area contributed by atoms with Crippen molar-refractivity contribution in [2.45, 2.75) is 32.6 Å². The topological polar surface area (TPSA) is 112 Å². The lowest BCUT2D eigenvalue weighted by atomic mass is 9.99. The van der Waals surface area contributed by atoms with Crippen LogP contribution < -0.4 is 15.1 Å². The Hall–Kier alpha value is -4.66. The van der Waals surface area contributed by atoms with Crippen molar-refractivity contribution in [2.24, 2.45) is 0 Å². The number of anilines is 3. The standard InChI is InChI=1S/C31H34N4O5/c1-3-40-29(37)21-35(25-9-5-4-6-10-25)26-16-17-27-24(20-26)8-7-19-34(27)28(36)18-13-22-11-14-23(15-12-22)30(32)33-31(38)39-2/h4-6,9-12,14-17,20H,3,7-8,13,18-19,21H2,1-2H3,(H2,32,33,38). The number of aryl methyl sites for hydroxylation is 2. The van der Waals surface area contributed by atoms with Crippen LogP contribution in [0.25, 0.3) is 0 Å². The molecular formula is C31H34N4O5. The van der Waals surface area contributed by atoms with Crippen molar-refractivity contribution in [2.75, 3.05) is 36.6 Å². The number of amides is 2. The Morgan fingerprint density at radius 1 is 1.00 bits per heavy atom. The van der Waals surface area contributed by atoms with Gasteiger partial charge in [0.15, 0.2) is 0 Å². The summed E-state index contributed by atoms with van der Waals surface area (Å²) in [7, 11) is 1.24. The lowest BCUT2D eigenvalue weighted by molar-refractivity contribution is -0.141. The van der Waals surface area contributed by atoms with Crippen molar-refractivity contribution in [1.82, 2.24) is 5.32 Å². The quantitative estimate of drug-likeness (QED) is 0.224. The minimum absolute atomic E-state index is 0.0457. The number of benzene rings is 3. The number of rotatable bonds is 9. The van der Waals surface area contributed by atoms with Crippen LogP contribution in [0, 0.1) is 5.41 Å². The van der Waals surface area contributed by atoms with Gasteiger partial charge in [0.05, 0.1) is 13.7 Å². The van der Waals surface area contributed by atoms with Crippen molar-refractivity contribution in [3.63, 3.8) is 0 Å². The van der Waals surface area contributed by atoms with Gasteiger partial charge >= 0.3 is 12.1 Å². The molecule has 2 amide bonds. The van der Waals surface area contributed by atoms with Gasteiger partial charge in [-0.3, -0.25) is 20.3 Å². The summed E-state index contributed by atoms with van der Waals surface area (Å²) < 4.78 is 9.73. The van der Waals surface area contributed by atoms with Crippen molar-refractivity contribution in [3.05, 3.63) is 89.5 Å². The number of hydrogen-bond acceptors (Lipinski definition) is 7. The van der Waals surface area contributed by atoms with Gasteiger partial charge in [-0.2, -0.15) is 0 Å². The third kappa shape index (κ3) is 7.05. The Balaban J connectivity index is 1.45. The van der Waals surface area contributed by atoms with E-state index in [4.69, 9.17) is 10.1 Å². The first kappa shape index (κ1) is 28.4. The number of esters is 1. The number of ether oxygens (including phenoxy) is 2. The molecule has 1 aliphatic heterocycles. The lowest BCUT2D eigenvalue weighted by Gasteiger charge is -2.32. The predicted molar refractivity (Wildman–Crippen MR) is 154 cm³/mol. The Bertz CT molecular complexity index is 1360. The maximum absolute atomic E-state index is 13.3. The number of carbonyl (C=O) groups excluding carboxylic acids is 3. The maximum atomic E-state index is 13.3. The summed E-state index contributed by atoms with van der Waals surface area (Å²) in [6.07, 6.45) is 1.91. The maximum Gasteiger partial charge on any atom is 0.412 e. The molecule has 1 heterocycles. The molecule has 0 radical (unpaired) electrons. The smallest absolute Gasteiger partial charge is 0.412 e. The number of carbonyl (C=O) groups is 3. The molecule has 4 rings (SSSR count). The van der Waals surface area contributed by atoms with Gasteiger partial charge in [-0.15, -0.1) is 0 Å². The SMILES string of the molecule is CCOC(=O)CN(c1ccccc1)c1ccc2c(c1)CCCN2C(=O)CCc1ccc(C(=N)NC(=O)OC)cc1. The first-order valence-corrected chi connectivity index (χ1v) is 13.3. The summed E-state index contributed by atoms with van der Waals surface area (Å²) in [5, 5.41) is 10.3. The number of alkyl carbamates (subject to hydrolysis) is 1. The molecule has 9 heteroatoms. The van der Waals surface area contributed by atoms with Crippen molar-refractivity contribution in [1.29, 1.82) is 5.41 Å². The minimum atomic E-state index is -0.694. The number of para-hydroxylation sites is 1. The largest absolute Gasteiger partial charge is 0.465 e. The molecule has 1 aliphatic rings. The van der Waals surface area contributed by atoms with Crippen LogP contribution in [0.3, 0.4) is 0 Å². The molecule has 3 aromatic rings. The molecule has 0 unspecified atom stereocenters. The normalized spacial score (nSPS) is 12.2. The summed E-state index contributed by atoms with van der Waals surface area (Å²) in [6.45, 7) is 2.87. The Morgan fingerprint density at radius 3 is 2.45 bits per heavy atom. The summed E-state index contributed by atoms with van der Waals surface area (Å²) in [6, 6.07) is 22.9. The third-order valence-corrected chi connectivity index (χ3v) is 6.74. The molecule has 9 nitrogen and oxygen atoms in total. The predicted octanol–water partition coefficient (Wildman–Crippen LogP) is 4.98. The second-order valence-corrected chi connectivity index (χ2v) is 9.38. The van der Waals surface area contributed by atoms with E-state index >= 15 is 0 Å². The first-order chi connectivity index (χ1) is 19.4. The zero-order chi connectivity index (χ0) is 28.5. The summed E-state index contributed by atoms with van der Waals surface area (Å²) >= 11 is 0. The van der Waals surface area contributed by atoms with Gasteiger partial charge in [0, 0.05) is 35.6 Å². The van der Waals surface area contributed by atoms with Crippen LogP contribution in [0.2, 0.25) is 0 Å². The van der Waals surface area contributed by atoms with Crippen LogP contribution >= 0.6 is 0 Å². The zero-order valence-corrected chi connectivity index (χ0v) is 22.8. The van der Waals surface area contributed by atoms with Crippen LogP contribution in [0.15, 0.2) is 72.8 Å². The van der Waals surface area contributed by atoms with Crippen LogP contribution in [-0.2, 0) is 31.9 Å². The molecule has 0 aliphatic carbocycles. The molecule has 0 bridgehead atoms. The summed E-state index contributed by atoms with van der Waals surface area (Å²) in [5.41, 5.74) is 5.26. The number of fused-ring (bicyclic) bond motifs is 1. The second kappa shape index (κ2) is 13.4. The van der Waals surface area contributed by atoms with Gasteiger partial charge in [-0.05, 0) is 67.6 Å². The third-order valence-electron chi connectivity index (χ3n) is 6.74. The van der Waals surface area contributed by atoms with Crippen molar-refractivity contribution >= 4 is 40.9 Å². The Kier molecular flexibility index (Phi) is 9.51. The van der Waals surface area contributed by atoms with Gasteiger partial charge in [0.25, 0.3) is 0 Å². The lowest BCUT2D eigenvalue weighted by Crippen LogP contribution is -2.36. The average molecular weight is 543 g/mol. The molecule has 0 fully saturated rings. The van der Waals surface area contributed by atoms with Gasteiger partial charge in [0.2, 0.25) is 5.91 Å². The Labute approximate surface area is 234 Å². The number of nitrogens with zero attached hydrogens (tertiary/aromatic N) is 2. The van der Waals surface area contributed by atoms with E-state index in [2.05, 4.69) is 16.1 Å². The Morgan fingerprint density at radius 2 is 1.75 bits per heavy atom. The number of amidine groups is 1. The van der Waals surface area contributed by atoms with E-state index in [-0.39, 0.29) is 24.3 Å². The molecule has 0 spiro atoms. The van der Waals surface area contributed by atoms with E-state index in [0.29, 0.717) is 31.6 Å². The molecule has 2 N–H and O–H groups in total. The van der Waals surface area contributed by atoms with Crippen LogP contribution in [0.1, 0.15) is 36.5 Å². The second-order valence-electron chi connectivity index (χ2n) is 9.38. The van der Waals surface area contributed by atoms with E-state index in [1.165, 1.54) is 7.11 Å². The minimum Gasteiger partial charge on any atom is -0.465 e. The van der Waals surface area contributed by atoms with E-state index in [0.717, 1.165) is 41.0 Å². The van der Waals surface area contributed by atoms with Gasteiger partial charge < -0.3 is 19.3 Å². The van der Waals surface area contributed by atoms with Crippen LogP contribution in [0.5, 0.6) is 0 Å². The molecule has 0 atom stereocenters. The van der Waals surface area contributed by atoms with Gasteiger partial charge in [0.1, 0.15) is 12.4 Å². The van der Waals surface area contributed by atoms with E-state index in [1.807, 2.05) is 64.4 Å². The molecule has 208 valence electrons. The van der Waals surface area contributed by atoms with Gasteiger partial charge in [-0.25, -0.2) is 4.79 Å². The average Bonchev–Trinajstić information content (AvgIpc) is 2.98. The number of nitrogens with one attached hydrogen (secondary N) is 2. The number of methoxy groups -OCH3 is 1. The highest BCUT2D eigenvalue weighted by atomic mass is 16.5. The van der Waals surface area contributed by atoms with Gasteiger partial charge in [-0.1, -0.05) is 42.5 Å². The highest BCUT2D eigenvalue weighted by Crippen LogP contribution is 2.34. The summed E-state index contributed by atoms with van der Waals surface area (Å²) in [5.74, 6) is -0.304. The monoisotopic (exact) mass is 542 g/mol. The fourth-order valence-corrected chi connectivity index (χ4v) is 4.74. The van der Waals surface area contributed by atoms with E-state index < -0.39 is 6.09 Å².